The van der Waals surface area contributed by atoms with Crippen LogP contribution in [0.5, 0.6) is 0 Å². The standard InChI is InChI=1S/C23H36N6O2.CH4/c30-22(28-10-8-27(9-11-28)20-4-1-2-5-20)18-26-7-3-6-21-19(17-26)16-24-23(25-21)29-12-14-31-15-13-29;/h16,20H,1-15,17-18H2;1H4. The SMILES string of the molecule is C.O=C(CN1CCCc2nc(N3CCOCC3)ncc2C1)N1CCN(C2CCCC2)CC1. The molecular weight excluding hydrogens is 404 g/mol. The molecule has 0 N–H and O–H groups in total. The fraction of sp³-hybridized carbons (Fsp3) is 0.792. The quantitative estimate of drug-likeness (QED) is 0.701. The summed E-state index contributed by atoms with van der Waals surface area (Å²) in [4.78, 5) is 31.7. The number of fused-ring (bicyclic) bond motifs is 1. The van der Waals surface area contributed by atoms with E-state index in [1.54, 1.807) is 0 Å². The van der Waals surface area contributed by atoms with E-state index < -0.39 is 0 Å². The van der Waals surface area contributed by atoms with E-state index >= 15 is 0 Å². The molecule has 4 heterocycles. The van der Waals surface area contributed by atoms with Gasteiger partial charge in [0.05, 0.1) is 25.5 Å². The molecule has 1 aliphatic carbocycles. The van der Waals surface area contributed by atoms with Crippen molar-refractivity contribution in [2.45, 2.75) is 58.5 Å². The number of nitrogens with zero attached hydrogens (tertiary/aromatic N) is 6. The van der Waals surface area contributed by atoms with Gasteiger partial charge in [-0.15, -0.1) is 0 Å². The van der Waals surface area contributed by atoms with Crippen LogP contribution in [0.15, 0.2) is 6.20 Å². The third-order valence-electron chi connectivity index (χ3n) is 7.38. The van der Waals surface area contributed by atoms with Gasteiger partial charge >= 0.3 is 0 Å². The number of rotatable bonds is 4. The summed E-state index contributed by atoms with van der Waals surface area (Å²) in [6, 6.07) is 0.765. The largest absolute Gasteiger partial charge is 0.378 e. The van der Waals surface area contributed by atoms with E-state index in [-0.39, 0.29) is 13.3 Å². The highest BCUT2D eigenvalue weighted by Crippen LogP contribution is 2.24. The van der Waals surface area contributed by atoms with Crippen LogP contribution in [-0.2, 0) is 22.5 Å². The fourth-order valence-corrected chi connectivity index (χ4v) is 5.52. The summed E-state index contributed by atoms with van der Waals surface area (Å²) in [7, 11) is 0. The number of aromatic nitrogens is 2. The predicted octanol–water partition coefficient (Wildman–Crippen LogP) is 1.78. The minimum absolute atomic E-state index is 0. The summed E-state index contributed by atoms with van der Waals surface area (Å²) in [6.45, 7) is 9.25. The molecule has 32 heavy (non-hydrogen) atoms. The first-order valence-electron chi connectivity index (χ1n) is 12.2. The second-order valence-electron chi connectivity index (χ2n) is 9.41. The average Bonchev–Trinajstić information content (AvgIpc) is 3.28. The maximum Gasteiger partial charge on any atom is 0.236 e. The van der Waals surface area contributed by atoms with E-state index in [4.69, 9.17) is 9.72 Å². The summed E-state index contributed by atoms with van der Waals surface area (Å²) < 4.78 is 5.44. The van der Waals surface area contributed by atoms with Crippen molar-refractivity contribution >= 4 is 11.9 Å². The van der Waals surface area contributed by atoms with Gasteiger partial charge in [-0.2, -0.15) is 0 Å². The topological polar surface area (TPSA) is 65.0 Å². The molecule has 0 bridgehead atoms. The zero-order valence-electron chi connectivity index (χ0n) is 18.7. The second-order valence-corrected chi connectivity index (χ2v) is 9.41. The van der Waals surface area contributed by atoms with Gasteiger partial charge in [0, 0.05) is 63.6 Å². The lowest BCUT2D eigenvalue weighted by molar-refractivity contribution is -0.134. The molecule has 0 spiro atoms. The van der Waals surface area contributed by atoms with Crippen molar-refractivity contribution in [2.24, 2.45) is 0 Å². The molecule has 2 saturated heterocycles. The summed E-state index contributed by atoms with van der Waals surface area (Å²) in [5.41, 5.74) is 2.32. The molecule has 1 aromatic heterocycles. The molecule has 3 fully saturated rings. The molecule has 1 aromatic rings. The molecule has 8 nitrogen and oxygen atoms in total. The van der Waals surface area contributed by atoms with Gasteiger partial charge in [-0.1, -0.05) is 20.3 Å². The number of amides is 1. The number of ether oxygens (including phenoxy) is 1. The number of anilines is 1. The Morgan fingerprint density at radius 1 is 1.00 bits per heavy atom. The molecule has 8 heteroatoms. The highest BCUT2D eigenvalue weighted by atomic mass is 16.5. The highest BCUT2D eigenvalue weighted by molar-refractivity contribution is 5.78. The number of hydrogen-bond donors (Lipinski definition) is 0. The van der Waals surface area contributed by atoms with Gasteiger partial charge in [-0.05, 0) is 32.2 Å². The Kier molecular flexibility index (Phi) is 7.97. The van der Waals surface area contributed by atoms with Crippen LogP contribution in [0.4, 0.5) is 5.95 Å². The van der Waals surface area contributed by atoms with Gasteiger partial charge in [0.2, 0.25) is 11.9 Å². The molecule has 1 saturated carbocycles. The molecule has 1 amide bonds. The zero-order chi connectivity index (χ0) is 21.0. The summed E-state index contributed by atoms with van der Waals surface area (Å²) in [5, 5.41) is 0. The van der Waals surface area contributed by atoms with Crippen LogP contribution < -0.4 is 4.90 Å². The summed E-state index contributed by atoms with van der Waals surface area (Å²) >= 11 is 0. The van der Waals surface area contributed by atoms with E-state index in [9.17, 15) is 4.79 Å². The number of aryl methyl sites for hydroxylation is 1. The third-order valence-corrected chi connectivity index (χ3v) is 7.38. The zero-order valence-corrected chi connectivity index (χ0v) is 18.7. The van der Waals surface area contributed by atoms with E-state index in [1.807, 2.05) is 6.20 Å². The van der Waals surface area contributed by atoms with Crippen molar-refractivity contribution in [3.63, 3.8) is 0 Å². The molecular formula is C24H40N6O2. The monoisotopic (exact) mass is 444 g/mol. The van der Waals surface area contributed by atoms with Crippen LogP contribution in [-0.4, -0.2) is 102 Å². The Morgan fingerprint density at radius 3 is 2.50 bits per heavy atom. The van der Waals surface area contributed by atoms with Crippen molar-refractivity contribution in [3.8, 4) is 0 Å². The minimum Gasteiger partial charge on any atom is -0.378 e. The number of hydrogen-bond acceptors (Lipinski definition) is 7. The molecule has 0 radical (unpaired) electrons. The van der Waals surface area contributed by atoms with Crippen molar-refractivity contribution in [1.29, 1.82) is 0 Å². The molecule has 0 atom stereocenters. The average molecular weight is 445 g/mol. The lowest BCUT2D eigenvalue weighted by Crippen LogP contribution is -2.53. The van der Waals surface area contributed by atoms with Crippen molar-refractivity contribution in [3.05, 3.63) is 17.5 Å². The highest BCUT2D eigenvalue weighted by Gasteiger charge is 2.29. The first kappa shape index (κ1) is 23.4. The Labute approximate surface area is 192 Å². The van der Waals surface area contributed by atoms with Gasteiger partial charge in [-0.3, -0.25) is 14.6 Å². The lowest BCUT2D eigenvalue weighted by Gasteiger charge is -2.38. The Balaban J connectivity index is 0.00000245. The van der Waals surface area contributed by atoms with Crippen LogP contribution in [0.2, 0.25) is 0 Å². The first-order chi connectivity index (χ1) is 15.3. The lowest BCUT2D eigenvalue weighted by atomic mass is 10.1. The third kappa shape index (κ3) is 5.41. The minimum atomic E-state index is 0. The summed E-state index contributed by atoms with van der Waals surface area (Å²) in [6.07, 6.45) is 9.41. The Hall–Kier alpha value is -1.77. The normalized spacial score (nSPS) is 23.5. The molecule has 178 valence electrons. The molecule has 3 aliphatic heterocycles. The number of carbonyl (C=O) groups excluding carboxylic acids is 1. The van der Waals surface area contributed by atoms with Gasteiger partial charge in [0.25, 0.3) is 0 Å². The predicted molar refractivity (Wildman–Crippen MR) is 126 cm³/mol. The fourth-order valence-electron chi connectivity index (χ4n) is 5.52. The van der Waals surface area contributed by atoms with Gasteiger partial charge in [-0.25, -0.2) is 9.97 Å². The van der Waals surface area contributed by atoms with E-state index in [1.165, 1.54) is 31.2 Å². The van der Waals surface area contributed by atoms with Crippen LogP contribution in [0.3, 0.4) is 0 Å². The number of piperazine rings is 1. The maximum atomic E-state index is 13.0. The number of carbonyl (C=O) groups is 1. The van der Waals surface area contributed by atoms with Gasteiger partial charge < -0.3 is 14.5 Å². The first-order valence-corrected chi connectivity index (χ1v) is 12.2. The van der Waals surface area contributed by atoms with Crippen LogP contribution >= 0.6 is 0 Å². The summed E-state index contributed by atoms with van der Waals surface area (Å²) in [5.74, 6) is 1.10. The van der Waals surface area contributed by atoms with Gasteiger partial charge in [0.1, 0.15) is 0 Å². The van der Waals surface area contributed by atoms with E-state index in [0.717, 1.165) is 96.1 Å². The van der Waals surface area contributed by atoms with Gasteiger partial charge in [0.15, 0.2) is 0 Å². The van der Waals surface area contributed by atoms with Crippen molar-refractivity contribution in [1.82, 2.24) is 24.7 Å². The molecule has 0 aromatic carbocycles. The smallest absolute Gasteiger partial charge is 0.236 e. The van der Waals surface area contributed by atoms with Crippen LogP contribution in [0.25, 0.3) is 0 Å². The molecule has 5 rings (SSSR count). The van der Waals surface area contributed by atoms with Crippen molar-refractivity contribution < 1.29 is 9.53 Å². The Morgan fingerprint density at radius 2 is 1.75 bits per heavy atom. The van der Waals surface area contributed by atoms with E-state index in [0.29, 0.717) is 6.54 Å². The maximum absolute atomic E-state index is 13.0. The number of morpholine rings is 1. The van der Waals surface area contributed by atoms with Crippen LogP contribution in [0.1, 0.15) is 50.8 Å². The van der Waals surface area contributed by atoms with E-state index in [2.05, 4.69) is 24.6 Å². The van der Waals surface area contributed by atoms with Crippen molar-refractivity contribution in [2.75, 3.05) is 70.5 Å². The molecule has 4 aliphatic rings. The second kappa shape index (κ2) is 10.9. The van der Waals surface area contributed by atoms with Crippen LogP contribution in [0, 0.1) is 0 Å². The Bertz CT molecular complexity index is 755. The molecule has 0 unspecified atom stereocenters.